The molecule has 4 N–H and O–H groups in total. The van der Waals surface area contributed by atoms with Crippen LogP contribution in [-0.2, 0) is 19.1 Å². The van der Waals surface area contributed by atoms with Crippen molar-refractivity contribution in [2.75, 3.05) is 22.4 Å². The zero-order valence-corrected chi connectivity index (χ0v) is 30.1. The predicted octanol–water partition coefficient (Wildman–Crippen LogP) is 6.72. The van der Waals surface area contributed by atoms with E-state index in [1.54, 1.807) is 0 Å². The Labute approximate surface area is 294 Å². The molecule has 0 saturated heterocycles. The van der Waals surface area contributed by atoms with Crippen molar-refractivity contribution in [3.63, 3.8) is 0 Å². The van der Waals surface area contributed by atoms with E-state index in [1.165, 1.54) is 31.6 Å². The molecule has 3 saturated carbocycles. The van der Waals surface area contributed by atoms with Gasteiger partial charge in [-0.25, -0.2) is 0 Å². The molecule has 1 aromatic rings. The van der Waals surface area contributed by atoms with Gasteiger partial charge >= 0.3 is 5.97 Å². The molecule has 0 spiro atoms. The van der Waals surface area contributed by atoms with E-state index in [9.17, 15) is 35.2 Å². The zero-order chi connectivity index (χ0) is 36.5. The normalized spacial score (nSPS) is 32.1. The van der Waals surface area contributed by atoms with Gasteiger partial charge in [-0.2, -0.15) is 5.10 Å². The number of nitrogens with zero attached hydrogens (tertiary/aromatic N) is 3. The molecule has 0 radical (unpaired) electrons. The summed E-state index contributed by atoms with van der Waals surface area (Å²) in [6.07, 6.45) is 9.45. The number of carbonyl (C=O) groups excluding carboxylic acids is 3. The van der Waals surface area contributed by atoms with Gasteiger partial charge in [0.25, 0.3) is 0 Å². The van der Waals surface area contributed by atoms with Gasteiger partial charge in [-0.05, 0) is 97.6 Å². The van der Waals surface area contributed by atoms with E-state index in [-0.39, 0.29) is 80.6 Å². The molecule has 1 aromatic carbocycles. The minimum atomic E-state index is -0.616. The molecule has 1 amide bonds. The number of esters is 1. The van der Waals surface area contributed by atoms with Gasteiger partial charge in [-0.1, -0.05) is 39.3 Å². The zero-order valence-electron chi connectivity index (χ0n) is 30.1. The minimum absolute atomic E-state index is 0.0133. The molecule has 0 unspecified atom stereocenters. The number of ether oxygens (including phenoxy) is 1. The van der Waals surface area contributed by atoms with E-state index in [2.05, 4.69) is 30.7 Å². The Balaban J connectivity index is 1.45. The highest BCUT2D eigenvalue weighted by Gasteiger charge is 2.61. The molecule has 3 fully saturated rings. The fourth-order valence-corrected chi connectivity index (χ4v) is 10.0. The summed E-state index contributed by atoms with van der Waals surface area (Å²) in [6.45, 7) is 12.2. The highest BCUT2D eigenvalue weighted by atomic mass is 16.8. The summed E-state index contributed by atoms with van der Waals surface area (Å²) in [5.74, 6) is 0.544. The van der Waals surface area contributed by atoms with Gasteiger partial charge in [0.15, 0.2) is 0 Å². The Hall–Kier alpha value is -3.52. The maximum Gasteiger partial charge on any atom is 0.302 e. The van der Waals surface area contributed by atoms with E-state index >= 15 is 0 Å². The largest absolute Gasteiger partial charge is 0.769 e. The predicted molar refractivity (Wildman–Crippen MR) is 190 cm³/mol. The molecule has 13 heteroatoms. The Morgan fingerprint density at radius 2 is 1.82 bits per heavy atom. The monoisotopic (exact) mass is 695 g/mol. The van der Waals surface area contributed by atoms with E-state index < -0.39 is 5.23 Å². The SMILES string of the molecule is CC(=O)NC[C@@H](C)CCC(=O)[C@H](C)[C@H]1C(=NNc2ccc(N([O-])[O-])cc2N(O)O)C[C@@H]2[C@H]3CC=C4C[C@@H](OC(C)=O)CC[C@]4(C)[C@H]3CC[C@@]21C. The lowest BCUT2D eigenvalue weighted by Gasteiger charge is -2.58. The van der Waals surface area contributed by atoms with Crippen LogP contribution in [0.1, 0.15) is 99.3 Å². The summed E-state index contributed by atoms with van der Waals surface area (Å²) in [7, 11) is 0. The van der Waals surface area contributed by atoms with Gasteiger partial charge in [0.2, 0.25) is 5.91 Å². The van der Waals surface area contributed by atoms with Gasteiger partial charge in [-0.3, -0.25) is 30.2 Å². The molecule has 0 aromatic heterocycles. The molecule has 0 aliphatic heterocycles. The van der Waals surface area contributed by atoms with Crippen LogP contribution in [0, 0.1) is 56.8 Å². The smallest absolute Gasteiger partial charge is 0.302 e. The van der Waals surface area contributed by atoms with Crippen molar-refractivity contribution in [2.24, 2.45) is 51.4 Å². The van der Waals surface area contributed by atoms with Crippen molar-refractivity contribution in [3.05, 3.63) is 40.3 Å². The van der Waals surface area contributed by atoms with Crippen molar-refractivity contribution in [1.82, 2.24) is 5.32 Å². The number of anilines is 3. The third kappa shape index (κ3) is 7.56. The molecule has 0 bridgehead atoms. The summed E-state index contributed by atoms with van der Waals surface area (Å²) in [4.78, 5) is 37.1. The Morgan fingerprint density at radius 1 is 1.08 bits per heavy atom. The highest BCUT2D eigenvalue weighted by molar-refractivity contribution is 5.96. The number of hydrogen-bond acceptors (Lipinski definition) is 12. The summed E-state index contributed by atoms with van der Waals surface area (Å²) in [6, 6.07) is 3.71. The Bertz CT molecular complexity index is 1510. The molecule has 9 atom stereocenters. The second-order valence-electron chi connectivity index (χ2n) is 15.8. The summed E-state index contributed by atoms with van der Waals surface area (Å²) >= 11 is 0. The molecule has 276 valence electrons. The number of nitrogens with one attached hydrogen (secondary N) is 2. The second kappa shape index (κ2) is 15.0. The van der Waals surface area contributed by atoms with Crippen molar-refractivity contribution in [1.29, 1.82) is 0 Å². The van der Waals surface area contributed by atoms with Gasteiger partial charge in [0, 0.05) is 56.5 Å². The van der Waals surface area contributed by atoms with Crippen LogP contribution < -0.4 is 21.2 Å². The fraction of sp³-hybridized carbons (Fsp3) is 0.676. The summed E-state index contributed by atoms with van der Waals surface area (Å²) < 4.78 is 5.63. The van der Waals surface area contributed by atoms with E-state index in [0.717, 1.165) is 50.3 Å². The number of ketones is 1. The maximum atomic E-state index is 13.9. The first-order chi connectivity index (χ1) is 23.5. The van der Waals surface area contributed by atoms with Crippen LogP contribution in [0.2, 0.25) is 0 Å². The molecule has 13 nitrogen and oxygen atoms in total. The average Bonchev–Trinajstić information content (AvgIpc) is 3.36. The number of carbonyl (C=O) groups is 3. The number of rotatable bonds is 12. The van der Waals surface area contributed by atoms with Crippen LogP contribution in [0.4, 0.5) is 17.1 Å². The highest BCUT2D eigenvalue weighted by Crippen LogP contribution is 2.66. The molecular weight excluding hydrogens is 642 g/mol. The number of benzene rings is 1. The van der Waals surface area contributed by atoms with Crippen molar-refractivity contribution < 1.29 is 29.5 Å². The van der Waals surface area contributed by atoms with Crippen LogP contribution >= 0.6 is 0 Å². The van der Waals surface area contributed by atoms with Crippen LogP contribution in [0.3, 0.4) is 0 Å². The van der Waals surface area contributed by atoms with Crippen LogP contribution in [-0.4, -0.2) is 46.4 Å². The van der Waals surface area contributed by atoms with Gasteiger partial charge in [0.05, 0.1) is 5.69 Å². The number of fused-ring (bicyclic) bond motifs is 5. The molecule has 4 aliphatic carbocycles. The van der Waals surface area contributed by atoms with Crippen LogP contribution in [0.25, 0.3) is 0 Å². The first kappa shape index (κ1) is 37.7. The van der Waals surface area contributed by atoms with E-state index in [4.69, 9.17) is 9.84 Å². The third-order valence-electron chi connectivity index (χ3n) is 12.6. The number of amides is 1. The quantitative estimate of drug-likeness (QED) is 0.103. The van der Waals surface area contributed by atoms with Gasteiger partial charge in [-0.15, -0.1) is 5.23 Å². The number of allylic oxidation sites excluding steroid dienone is 1. The van der Waals surface area contributed by atoms with Crippen molar-refractivity contribution in [3.8, 4) is 0 Å². The fourth-order valence-electron chi connectivity index (χ4n) is 10.0. The summed E-state index contributed by atoms with van der Waals surface area (Å²) in [5, 5.41) is 49.4. The van der Waals surface area contributed by atoms with Crippen molar-refractivity contribution >= 4 is 40.4 Å². The third-order valence-corrected chi connectivity index (χ3v) is 12.6. The van der Waals surface area contributed by atoms with E-state index in [1.807, 2.05) is 13.8 Å². The average molecular weight is 696 g/mol. The number of hydrazone groups is 1. The lowest BCUT2D eigenvalue weighted by molar-refractivity contribution is -0.148. The molecule has 4 aliphatic rings. The molecule has 0 heterocycles. The second-order valence-corrected chi connectivity index (χ2v) is 15.8. The first-order valence-electron chi connectivity index (χ1n) is 18.0. The first-order valence-corrected chi connectivity index (χ1v) is 18.0. The maximum absolute atomic E-state index is 13.9. The minimum Gasteiger partial charge on any atom is -0.769 e. The van der Waals surface area contributed by atoms with E-state index in [0.29, 0.717) is 37.6 Å². The lowest BCUT2D eigenvalue weighted by atomic mass is 9.47. The molecule has 5 rings (SSSR count). The lowest BCUT2D eigenvalue weighted by Crippen LogP contribution is -2.51. The van der Waals surface area contributed by atoms with Gasteiger partial charge < -0.3 is 25.7 Å². The molecular formula is C37H53N5O8-2. The standard InChI is InChI=1S/C37H53N5O8/c1-21(20-38-23(3)43)7-12-34(45)22(2)35-32(40-39-31-11-9-26(41(46)47)18-33(31)42(48)49)19-30-28-10-8-25-17-27(50-24(4)44)13-15-36(25,5)29(28)14-16-37(30,35)6/h8-9,11,18,21-22,27-30,35,39,48-49H,7,10,12-17,19-20H2,1-6H3,(H,38,43)/q-2/t21-,22-,27-,28-,29-,30+,35-,36-,37-/m0/s1. The number of Topliss-reactive ketones (excluding diaryl/α,β-unsaturated/α-hetero) is 1. The Kier molecular flexibility index (Phi) is 11.3. The molecule has 50 heavy (non-hydrogen) atoms. The Morgan fingerprint density at radius 3 is 2.48 bits per heavy atom. The summed E-state index contributed by atoms with van der Waals surface area (Å²) in [5.41, 5.74) is 4.66. The van der Waals surface area contributed by atoms with Gasteiger partial charge in [0.1, 0.15) is 17.6 Å². The van der Waals surface area contributed by atoms with Crippen molar-refractivity contribution in [2.45, 2.75) is 105 Å². The number of hydrogen-bond donors (Lipinski definition) is 4. The topological polar surface area (TPSA) is 190 Å². The van der Waals surface area contributed by atoms with Crippen LogP contribution in [0.5, 0.6) is 0 Å². The van der Waals surface area contributed by atoms with Crippen LogP contribution in [0.15, 0.2) is 34.9 Å².